The van der Waals surface area contributed by atoms with E-state index in [1.807, 2.05) is 17.1 Å². The van der Waals surface area contributed by atoms with Crippen LogP contribution in [-0.4, -0.2) is 36.3 Å². The molecule has 0 aliphatic carbocycles. The number of nitrogens with one attached hydrogen (secondary N) is 3. The van der Waals surface area contributed by atoms with Crippen molar-refractivity contribution in [2.45, 2.75) is 26.8 Å². The van der Waals surface area contributed by atoms with Crippen molar-refractivity contribution in [3.63, 3.8) is 0 Å². The molecule has 0 aliphatic rings. The molecule has 8 nitrogen and oxygen atoms in total. The van der Waals surface area contributed by atoms with Crippen molar-refractivity contribution >= 4 is 28.5 Å². The summed E-state index contributed by atoms with van der Waals surface area (Å²) in [6.45, 7) is 5.86. The average molecular weight is 362 g/mol. The van der Waals surface area contributed by atoms with Crippen molar-refractivity contribution in [3.05, 3.63) is 54.2 Å². The minimum atomic E-state index is 0.573. The fourth-order valence-electron chi connectivity index (χ4n) is 2.85. The van der Waals surface area contributed by atoms with E-state index >= 15 is 0 Å². The number of aryl methyl sites for hydroxylation is 3. The summed E-state index contributed by atoms with van der Waals surface area (Å²) in [7, 11) is 0. The number of benzene rings is 1. The molecular formula is C19H22N8. The summed E-state index contributed by atoms with van der Waals surface area (Å²) in [6.07, 6.45) is 8.24. The zero-order valence-corrected chi connectivity index (χ0v) is 15.4. The molecule has 0 amide bonds. The van der Waals surface area contributed by atoms with Crippen LogP contribution in [0.15, 0.2) is 43.1 Å². The first kappa shape index (κ1) is 17.0. The lowest BCUT2D eigenvalue weighted by Gasteiger charge is -2.11. The number of H-pyrrole nitrogens is 1. The first-order valence-corrected chi connectivity index (χ1v) is 8.94. The number of fused-ring (bicyclic) bond motifs is 1. The third-order valence-electron chi connectivity index (χ3n) is 4.51. The van der Waals surface area contributed by atoms with Crippen molar-refractivity contribution in [1.82, 2.24) is 29.7 Å². The summed E-state index contributed by atoms with van der Waals surface area (Å²) in [6, 6.07) is 6.26. The molecule has 0 bridgehead atoms. The molecule has 0 saturated heterocycles. The maximum absolute atomic E-state index is 4.64. The number of imidazole rings is 1. The number of hydrogen-bond acceptors (Lipinski definition) is 6. The van der Waals surface area contributed by atoms with E-state index < -0.39 is 0 Å². The lowest BCUT2D eigenvalue weighted by atomic mass is 10.1. The first-order chi connectivity index (χ1) is 13.2. The van der Waals surface area contributed by atoms with Gasteiger partial charge in [0.15, 0.2) is 5.65 Å². The average Bonchev–Trinajstić information content (AvgIpc) is 3.33. The Labute approximate surface area is 157 Å². The quantitative estimate of drug-likeness (QED) is 0.436. The Morgan fingerprint density at radius 2 is 2.07 bits per heavy atom. The summed E-state index contributed by atoms with van der Waals surface area (Å²) < 4.78 is 2.05. The number of aromatic amines is 1. The molecule has 3 aromatic heterocycles. The molecule has 138 valence electrons. The largest absolute Gasteiger partial charge is 0.354 e. The molecule has 0 unspecified atom stereocenters. The van der Waals surface area contributed by atoms with Crippen LogP contribution in [0.3, 0.4) is 0 Å². The molecule has 1 aromatic carbocycles. The number of hydrogen-bond donors (Lipinski definition) is 3. The summed E-state index contributed by atoms with van der Waals surface area (Å²) in [5, 5.41) is 14.6. The van der Waals surface area contributed by atoms with E-state index in [9.17, 15) is 0 Å². The van der Waals surface area contributed by atoms with Gasteiger partial charge in [-0.1, -0.05) is 6.07 Å². The van der Waals surface area contributed by atoms with Crippen LogP contribution in [-0.2, 0) is 6.54 Å². The summed E-state index contributed by atoms with van der Waals surface area (Å²) in [5.74, 6) is 1.30. The van der Waals surface area contributed by atoms with E-state index in [2.05, 4.69) is 67.8 Å². The van der Waals surface area contributed by atoms with Crippen LogP contribution < -0.4 is 10.6 Å². The predicted molar refractivity (Wildman–Crippen MR) is 106 cm³/mol. The molecule has 27 heavy (non-hydrogen) atoms. The second kappa shape index (κ2) is 7.45. The van der Waals surface area contributed by atoms with Crippen LogP contribution in [0.4, 0.5) is 17.5 Å². The van der Waals surface area contributed by atoms with Crippen LogP contribution in [0, 0.1) is 13.8 Å². The SMILES string of the molecule is Cc1ccc(Nc2nc(NCCCn3ccnc3)nc3[nH]ncc23)cc1C. The number of nitrogens with zero attached hydrogens (tertiary/aromatic N) is 5. The normalized spacial score (nSPS) is 11.0. The first-order valence-electron chi connectivity index (χ1n) is 8.94. The molecule has 0 aliphatic heterocycles. The van der Waals surface area contributed by atoms with Crippen LogP contribution in [0.1, 0.15) is 17.5 Å². The highest BCUT2D eigenvalue weighted by Crippen LogP contribution is 2.25. The molecular weight excluding hydrogens is 340 g/mol. The van der Waals surface area contributed by atoms with E-state index in [1.165, 1.54) is 11.1 Å². The van der Waals surface area contributed by atoms with Crippen LogP contribution in [0.25, 0.3) is 11.0 Å². The third kappa shape index (κ3) is 3.89. The van der Waals surface area contributed by atoms with Gasteiger partial charge in [-0.15, -0.1) is 0 Å². The molecule has 4 rings (SSSR count). The summed E-state index contributed by atoms with van der Waals surface area (Å²) in [4.78, 5) is 13.2. The van der Waals surface area contributed by atoms with Crippen LogP contribution >= 0.6 is 0 Å². The molecule has 3 N–H and O–H groups in total. The van der Waals surface area contributed by atoms with Gasteiger partial charge in [0.25, 0.3) is 0 Å². The number of rotatable bonds is 7. The van der Waals surface area contributed by atoms with Crippen LogP contribution in [0.5, 0.6) is 0 Å². The maximum Gasteiger partial charge on any atom is 0.226 e. The summed E-state index contributed by atoms with van der Waals surface area (Å²) in [5.41, 5.74) is 4.19. The van der Waals surface area contributed by atoms with Crippen molar-refractivity contribution in [2.24, 2.45) is 0 Å². The Balaban J connectivity index is 1.49. The molecule has 0 saturated carbocycles. The van der Waals surface area contributed by atoms with E-state index in [0.29, 0.717) is 11.6 Å². The van der Waals surface area contributed by atoms with Gasteiger partial charge < -0.3 is 15.2 Å². The Morgan fingerprint density at radius 3 is 2.89 bits per heavy atom. The van der Waals surface area contributed by atoms with Gasteiger partial charge in [-0.2, -0.15) is 15.1 Å². The second-order valence-corrected chi connectivity index (χ2v) is 6.53. The zero-order chi connectivity index (χ0) is 18.6. The van der Waals surface area contributed by atoms with Crippen LogP contribution in [0.2, 0.25) is 0 Å². The van der Waals surface area contributed by atoms with E-state index in [-0.39, 0.29) is 0 Å². The van der Waals surface area contributed by atoms with Gasteiger partial charge >= 0.3 is 0 Å². The molecule has 4 aromatic rings. The maximum atomic E-state index is 4.64. The Morgan fingerprint density at radius 1 is 1.15 bits per heavy atom. The molecule has 0 radical (unpaired) electrons. The van der Waals surface area contributed by atoms with E-state index in [4.69, 9.17) is 0 Å². The highest BCUT2D eigenvalue weighted by molar-refractivity contribution is 5.89. The molecule has 0 atom stereocenters. The van der Waals surface area contributed by atoms with Gasteiger partial charge in [0, 0.05) is 31.2 Å². The Hall–Kier alpha value is -3.42. The van der Waals surface area contributed by atoms with Crippen molar-refractivity contribution < 1.29 is 0 Å². The Bertz CT molecular complexity index is 1040. The summed E-state index contributed by atoms with van der Waals surface area (Å²) >= 11 is 0. The predicted octanol–water partition coefficient (Wildman–Crippen LogP) is 3.41. The van der Waals surface area contributed by atoms with Gasteiger partial charge in [-0.25, -0.2) is 4.98 Å². The molecule has 8 heteroatoms. The number of aromatic nitrogens is 6. The Kier molecular flexibility index (Phi) is 4.69. The lowest BCUT2D eigenvalue weighted by molar-refractivity contribution is 0.659. The topological polar surface area (TPSA) is 96.3 Å². The second-order valence-electron chi connectivity index (χ2n) is 6.53. The van der Waals surface area contributed by atoms with Crippen molar-refractivity contribution in [1.29, 1.82) is 0 Å². The van der Waals surface area contributed by atoms with E-state index in [0.717, 1.165) is 36.4 Å². The molecule has 3 heterocycles. The van der Waals surface area contributed by atoms with Crippen molar-refractivity contribution in [3.8, 4) is 0 Å². The number of anilines is 3. The van der Waals surface area contributed by atoms with Gasteiger partial charge in [-0.3, -0.25) is 5.10 Å². The molecule has 0 fully saturated rings. The fraction of sp³-hybridized carbons (Fsp3) is 0.263. The highest BCUT2D eigenvalue weighted by atomic mass is 15.2. The monoisotopic (exact) mass is 362 g/mol. The van der Waals surface area contributed by atoms with Gasteiger partial charge in [0.2, 0.25) is 5.95 Å². The zero-order valence-electron chi connectivity index (χ0n) is 15.4. The highest BCUT2D eigenvalue weighted by Gasteiger charge is 2.10. The van der Waals surface area contributed by atoms with Gasteiger partial charge in [0.05, 0.1) is 17.9 Å². The minimum absolute atomic E-state index is 0.573. The van der Waals surface area contributed by atoms with E-state index in [1.54, 1.807) is 12.4 Å². The fourth-order valence-corrected chi connectivity index (χ4v) is 2.85. The minimum Gasteiger partial charge on any atom is -0.354 e. The van der Waals surface area contributed by atoms with Gasteiger partial charge in [-0.05, 0) is 43.5 Å². The lowest BCUT2D eigenvalue weighted by Crippen LogP contribution is -2.09. The van der Waals surface area contributed by atoms with Gasteiger partial charge in [0.1, 0.15) is 5.82 Å². The third-order valence-corrected chi connectivity index (χ3v) is 4.51. The van der Waals surface area contributed by atoms with Crippen molar-refractivity contribution in [2.75, 3.05) is 17.2 Å². The molecule has 0 spiro atoms. The smallest absolute Gasteiger partial charge is 0.226 e. The standard InChI is InChI=1S/C19H22N8/c1-13-4-5-15(10-14(13)2)23-17-16-11-22-26-18(16)25-19(24-17)21-6-3-8-27-9-7-20-12-27/h4-5,7,9-12H,3,6,8H2,1-2H3,(H3,21,22,23,24,25,26).